The molecule has 1 amide bonds. The van der Waals surface area contributed by atoms with Gasteiger partial charge in [0.1, 0.15) is 0 Å². The maximum atomic E-state index is 12.0. The summed E-state index contributed by atoms with van der Waals surface area (Å²) in [5.41, 5.74) is 0. The first kappa shape index (κ1) is 15.8. The van der Waals surface area contributed by atoms with E-state index in [-0.39, 0.29) is 0 Å². The average Bonchev–Trinajstić information content (AvgIpc) is 3.21. The van der Waals surface area contributed by atoms with Gasteiger partial charge >= 0.3 is 0 Å². The Morgan fingerprint density at radius 1 is 1.25 bits per heavy atom. The highest BCUT2D eigenvalue weighted by Gasteiger charge is 2.33. The molecule has 1 N–H and O–H groups in total. The Balaban J connectivity index is 1.83. The van der Waals surface area contributed by atoms with E-state index in [0.717, 1.165) is 37.4 Å². The highest BCUT2D eigenvalue weighted by molar-refractivity contribution is 5.76. The number of piperidine rings is 1. The molecular weight excluding hydrogens is 248 g/mol. The van der Waals surface area contributed by atoms with Gasteiger partial charge in [-0.05, 0) is 43.6 Å². The Labute approximate surface area is 124 Å². The number of likely N-dealkylation sites (tertiary alicyclic amines) is 1. The summed E-state index contributed by atoms with van der Waals surface area (Å²) in [6.07, 6.45) is 7.33. The number of nitrogens with zero attached hydrogens (tertiary/aromatic N) is 1. The van der Waals surface area contributed by atoms with Gasteiger partial charge in [-0.15, -0.1) is 0 Å². The van der Waals surface area contributed by atoms with Crippen molar-refractivity contribution in [3.8, 4) is 0 Å². The molecule has 0 aromatic rings. The summed E-state index contributed by atoms with van der Waals surface area (Å²) in [7, 11) is 0. The minimum Gasteiger partial charge on any atom is -0.341 e. The van der Waals surface area contributed by atoms with E-state index < -0.39 is 0 Å². The van der Waals surface area contributed by atoms with Gasteiger partial charge in [-0.3, -0.25) is 4.79 Å². The fourth-order valence-electron chi connectivity index (χ4n) is 3.35. The zero-order valence-electron chi connectivity index (χ0n) is 13.5. The minimum atomic E-state index is 0.334. The monoisotopic (exact) mass is 280 g/mol. The molecule has 1 aliphatic carbocycles. The summed E-state index contributed by atoms with van der Waals surface area (Å²) < 4.78 is 0. The van der Waals surface area contributed by atoms with Crippen molar-refractivity contribution in [2.45, 2.75) is 65.3 Å². The molecule has 1 heterocycles. The summed E-state index contributed by atoms with van der Waals surface area (Å²) in [5.74, 6) is 2.78. The highest BCUT2D eigenvalue weighted by atomic mass is 16.2. The second kappa shape index (κ2) is 7.44. The van der Waals surface area contributed by atoms with Gasteiger partial charge in [-0.25, -0.2) is 0 Å². The number of hydrogen-bond acceptors (Lipinski definition) is 2. The Morgan fingerprint density at radius 3 is 2.60 bits per heavy atom. The number of carbonyl (C=O) groups excluding carboxylic acids is 1. The molecule has 2 aliphatic rings. The predicted octanol–water partition coefficient (Wildman–Crippen LogP) is 3.05. The van der Waals surface area contributed by atoms with E-state index >= 15 is 0 Å². The Bertz CT molecular complexity index is 312. The maximum Gasteiger partial charge on any atom is 0.222 e. The lowest BCUT2D eigenvalue weighted by Gasteiger charge is -2.38. The summed E-state index contributed by atoms with van der Waals surface area (Å²) in [5, 5.41) is 3.69. The van der Waals surface area contributed by atoms with Crippen LogP contribution >= 0.6 is 0 Å². The molecule has 0 bridgehead atoms. The van der Waals surface area contributed by atoms with E-state index in [9.17, 15) is 4.79 Å². The van der Waals surface area contributed by atoms with E-state index in [0.29, 0.717) is 18.4 Å². The number of rotatable bonds is 7. The molecule has 0 radical (unpaired) electrons. The van der Waals surface area contributed by atoms with E-state index in [1.54, 1.807) is 0 Å². The van der Waals surface area contributed by atoms with Gasteiger partial charge in [0.05, 0.1) is 0 Å². The molecule has 0 aromatic heterocycles. The third-order valence-electron chi connectivity index (χ3n) is 4.71. The third kappa shape index (κ3) is 5.08. The van der Waals surface area contributed by atoms with Crippen LogP contribution in [0.3, 0.4) is 0 Å². The number of nitrogens with one attached hydrogen (secondary N) is 1. The average molecular weight is 280 g/mol. The largest absolute Gasteiger partial charge is 0.341 e. The molecule has 0 spiro atoms. The molecule has 1 saturated heterocycles. The van der Waals surface area contributed by atoms with Crippen LogP contribution in [-0.2, 0) is 4.79 Å². The van der Waals surface area contributed by atoms with Gasteiger partial charge in [-0.2, -0.15) is 0 Å². The van der Waals surface area contributed by atoms with Crippen molar-refractivity contribution >= 4 is 5.91 Å². The van der Waals surface area contributed by atoms with Crippen LogP contribution < -0.4 is 5.32 Å². The zero-order valence-corrected chi connectivity index (χ0v) is 13.5. The third-order valence-corrected chi connectivity index (χ3v) is 4.71. The van der Waals surface area contributed by atoms with Gasteiger partial charge < -0.3 is 10.2 Å². The van der Waals surface area contributed by atoms with Gasteiger partial charge in [0.2, 0.25) is 5.91 Å². The predicted molar refractivity (Wildman–Crippen MR) is 83.6 cm³/mol. The molecule has 2 rings (SSSR count). The van der Waals surface area contributed by atoms with Crippen molar-refractivity contribution in [2.24, 2.45) is 17.8 Å². The van der Waals surface area contributed by atoms with Crippen molar-refractivity contribution in [1.82, 2.24) is 10.2 Å². The summed E-state index contributed by atoms with van der Waals surface area (Å²) in [4.78, 5) is 14.2. The van der Waals surface area contributed by atoms with Crippen molar-refractivity contribution in [3.05, 3.63) is 0 Å². The van der Waals surface area contributed by atoms with Gasteiger partial charge in [-0.1, -0.05) is 33.6 Å². The Kier molecular flexibility index (Phi) is 5.88. The van der Waals surface area contributed by atoms with Crippen LogP contribution in [0.4, 0.5) is 0 Å². The normalized spacial score (nSPS) is 27.1. The Hall–Kier alpha value is -0.570. The SMILES string of the molecule is CCC(=O)N1CC(CC2CC2)CC(NCCC(C)C)C1. The molecule has 2 atom stereocenters. The van der Waals surface area contributed by atoms with Crippen LogP contribution in [0.5, 0.6) is 0 Å². The standard InChI is InChI=1S/C17H32N2O/c1-4-17(20)19-11-15(9-14-5-6-14)10-16(12-19)18-8-7-13(2)3/h13-16,18H,4-12H2,1-3H3. The van der Waals surface area contributed by atoms with Gasteiger partial charge in [0.15, 0.2) is 0 Å². The van der Waals surface area contributed by atoms with Crippen molar-refractivity contribution in [2.75, 3.05) is 19.6 Å². The topological polar surface area (TPSA) is 32.3 Å². The maximum absolute atomic E-state index is 12.0. The quantitative estimate of drug-likeness (QED) is 0.777. The first-order valence-corrected chi connectivity index (χ1v) is 8.59. The molecule has 20 heavy (non-hydrogen) atoms. The van der Waals surface area contributed by atoms with Crippen LogP contribution in [0.2, 0.25) is 0 Å². The van der Waals surface area contributed by atoms with Crippen molar-refractivity contribution in [3.63, 3.8) is 0 Å². The first-order valence-electron chi connectivity index (χ1n) is 8.59. The smallest absolute Gasteiger partial charge is 0.222 e. The van der Waals surface area contributed by atoms with Crippen LogP contribution in [-0.4, -0.2) is 36.5 Å². The summed E-state index contributed by atoms with van der Waals surface area (Å²) >= 11 is 0. The van der Waals surface area contributed by atoms with Crippen LogP contribution in [0, 0.1) is 17.8 Å². The van der Waals surface area contributed by atoms with E-state index in [2.05, 4.69) is 24.1 Å². The van der Waals surface area contributed by atoms with Crippen LogP contribution in [0.25, 0.3) is 0 Å². The number of amides is 1. The second-order valence-corrected chi connectivity index (χ2v) is 7.27. The highest BCUT2D eigenvalue weighted by Crippen LogP contribution is 2.37. The number of carbonyl (C=O) groups is 1. The van der Waals surface area contributed by atoms with Crippen molar-refractivity contribution in [1.29, 1.82) is 0 Å². The summed E-state index contributed by atoms with van der Waals surface area (Å²) in [6.45, 7) is 9.54. The fourth-order valence-corrected chi connectivity index (χ4v) is 3.35. The second-order valence-electron chi connectivity index (χ2n) is 7.27. The lowest BCUT2D eigenvalue weighted by atomic mass is 9.89. The molecule has 1 aliphatic heterocycles. The van der Waals surface area contributed by atoms with Crippen molar-refractivity contribution < 1.29 is 4.79 Å². The van der Waals surface area contributed by atoms with E-state index in [1.807, 2.05) is 6.92 Å². The lowest BCUT2D eigenvalue weighted by Crippen LogP contribution is -2.51. The van der Waals surface area contributed by atoms with Crippen LogP contribution in [0.15, 0.2) is 0 Å². The van der Waals surface area contributed by atoms with E-state index in [4.69, 9.17) is 0 Å². The molecular formula is C17H32N2O. The zero-order chi connectivity index (χ0) is 14.5. The molecule has 1 saturated carbocycles. The summed E-state index contributed by atoms with van der Waals surface area (Å²) in [6, 6.07) is 0.516. The first-order chi connectivity index (χ1) is 9.58. The van der Waals surface area contributed by atoms with Gasteiger partial charge in [0, 0.05) is 25.6 Å². The lowest BCUT2D eigenvalue weighted by molar-refractivity contribution is -0.133. The van der Waals surface area contributed by atoms with Crippen LogP contribution in [0.1, 0.15) is 59.3 Å². The van der Waals surface area contributed by atoms with Gasteiger partial charge in [0.25, 0.3) is 0 Å². The van der Waals surface area contributed by atoms with E-state index in [1.165, 1.54) is 32.1 Å². The molecule has 2 unspecified atom stereocenters. The minimum absolute atomic E-state index is 0.334. The number of hydrogen-bond donors (Lipinski definition) is 1. The molecule has 3 heteroatoms. The molecule has 3 nitrogen and oxygen atoms in total. The molecule has 116 valence electrons. The molecule has 0 aromatic carbocycles. The fraction of sp³-hybridized carbons (Fsp3) is 0.941. The molecule has 2 fully saturated rings. The Morgan fingerprint density at radius 2 is 2.00 bits per heavy atom.